The van der Waals surface area contributed by atoms with E-state index in [0.717, 1.165) is 13.0 Å². The van der Waals surface area contributed by atoms with E-state index in [9.17, 15) is 8.78 Å². The van der Waals surface area contributed by atoms with Crippen molar-refractivity contribution in [3.8, 4) is 0 Å². The summed E-state index contributed by atoms with van der Waals surface area (Å²) < 4.78 is 26.7. The molecule has 1 atom stereocenters. The lowest BCUT2D eigenvalue weighted by Crippen LogP contribution is -2.33. The van der Waals surface area contributed by atoms with Gasteiger partial charge in [0.25, 0.3) is 6.43 Å². The van der Waals surface area contributed by atoms with Gasteiger partial charge in [-0.3, -0.25) is 0 Å². The summed E-state index contributed by atoms with van der Waals surface area (Å²) in [4.78, 5) is 0. The lowest BCUT2D eigenvalue weighted by molar-refractivity contribution is 0.106. The highest BCUT2D eigenvalue weighted by molar-refractivity contribution is 5.79. The van der Waals surface area contributed by atoms with Crippen LogP contribution in [0.3, 0.4) is 0 Å². The summed E-state index contributed by atoms with van der Waals surface area (Å²) in [6.07, 6.45) is 0.592. The Morgan fingerprint density at radius 1 is 1.22 bits per heavy atom. The maximum absolute atomic E-state index is 12.3. The second-order valence-corrected chi connectivity index (χ2v) is 4.50. The summed E-state index contributed by atoms with van der Waals surface area (Å²) in [6, 6.07) is 9.51. The van der Waals surface area contributed by atoms with Crippen LogP contribution >= 0.6 is 0 Å². The number of nitrogens with one attached hydrogen (secondary N) is 1. The number of para-hydroxylation sites is 1. The van der Waals surface area contributed by atoms with Crippen LogP contribution in [0.4, 0.5) is 8.78 Å². The lowest BCUT2D eigenvalue weighted by Gasteiger charge is -2.12. The Balaban J connectivity index is 1.84. The molecule has 0 spiro atoms. The van der Waals surface area contributed by atoms with Crippen LogP contribution in [-0.2, 0) is 6.54 Å². The van der Waals surface area contributed by atoms with Crippen LogP contribution in [0.1, 0.15) is 13.3 Å². The van der Waals surface area contributed by atoms with E-state index in [1.165, 1.54) is 17.8 Å². The Hall–Kier alpha value is -1.42. The van der Waals surface area contributed by atoms with E-state index in [4.69, 9.17) is 0 Å². The molecule has 1 heterocycles. The third kappa shape index (κ3) is 3.07. The summed E-state index contributed by atoms with van der Waals surface area (Å²) in [7, 11) is 0. The number of alkyl halides is 2. The van der Waals surface area contributed by atoms with E-state index < -0.39 is 12.5 Å². The van der Waals surface area contributed by atoms with Crippen molar-refractivity contribution in [3.05, 3.63) is 36.5 Å². The lowest BCUT2D eigenvalue weighted by atomic mass is 10.2. The first-order chi connectivity index (χ1) is 8.68. The van der Waals surface area contributed by atoms with Gasteiger partial charge in [0, 0.05) is 18.3 Å². The number of nitrogens with zero attached hydrogens (tertiary/aromatic N) is 1. The molecule has 1 aromatic heterocycles. The summed E-state index contributed by atoms with van der Waals surface area (Å²) in [6.45, 7) is 2.96. The van der Waals surface area contributed by atoms with Crippen LogP contribution in [-0.4, -0.2) is 23.6 Å². The van der Waals surface area contributed by atoms with Gasteiger partial charge < -0.3 is 9.88 Å². The average molecular weight is 252 g/mol. The molecule has 0 saturated heterocycles. The molecule has 2 nitrogen and oxygen atoms in total. The van der Waals surface area contributed by atoms with E-state index >= 15 is 0 Å². The van der Waals surface area contributed by atoms with Crippen LogP contribution in [0.2, 0.25) is 0 Å². The highest BCUT2D eigenvalue weighted by atomic mass is 19.3. The monoisotopic (exact) mass is 252 g/mol. The molecular formula is C14H18F2N2. The van der Waals surface area contributed by atoms with Crippen LogP contribution in [0.15, 0.2) is 36.5 Å². The third-order valence-corrected chi connectivity index (χ3v) is 3.10. The van der Waals surface area contributed by atoms with Crippen molar-refractivity contribution >= 4 is 10.9 Å². The molecule has 0 saturated carbocycles. The zero-order chi connectivity index (χ0) is 13.0. The Bertz CT molecular complexity index is 493. The molecule has 0 aliphatic rings. The van der Waals surface area contributed by atoms with Crippen LogP contribution in [0.25, 0.3) is 10.9 Å². The number of benzene rings is 1. The van der Waals surface area contributed by atoms with Crippen molar-refractivity contribution in [2.75, 3.05) is 6.54 Å². The predicted octanol–water partition coefficient (Wildman–Crippen LogP) is 3.27. The Morgan fingerprint density at radius 2 is 2.00 bits per heavy atom. The van der Waals surface area contributed by atoms with E-state index in [2.05, 4.69) is 28.1 Å². The fraction of sp³-hybridized carbons (Fsp3) is 0.429. The van der Waals surface area contributed by atoms with Crippen molar-refractivity contribution in [1.29, 1.82) is 0 Å². The molecule has 2 aromatic rings. The van der Waals surface area contributed by atoms with Gasteiger partial charge in [-0.1, -0.05) is 18.2 Å². The van der Waals surface area contributed by atoms with Crippen molar-refractivity contribution in [2.45, 2.75) is 32.4 Å². The maximum Gasteiger partial charge on any atom is 0.253 e. The highest BCUT2D eigenvalue weighted by Gasteiger charge is 2.12. The molecule has 0 radical (unpaired) electrons. The van der Waals surface area contributed by atoms with Gasteiger partial charge in [0.1, 0.15) is 0 Å². The standard InChI is InChI=1S/C14H18F2N2/c1-11(14(15)16)17-8-4-9-18-10-7-12-5-2-3-6-13(12)18/h2-3,5-7,10-11,14,17H,4,8-9H2,1H3. The largest absolute Gasteiger partial charge is 0.347 e. The van der Waals surface area contributed by atoms with Crippen molar-refractivity contribution in [2.24, 2.45) is 0 Å². The van der Waals surface area contributed by atoms with Crippen molar-refractivity contribution < 1.29 is 8.78 Å². The summed E-state index contributed by atoms with van der Waals surface area (Å²) in [5, 5.41) is 4.04. The second kappa shape index (κ2) is 5.96. The van der Waals surface area contributed by atoms with Gasteiger partial charge in [-0.2, -0.15) is 0 Å². The van der Waals surface area contributed by atoms with Gasteiger partial charge in [-0.25, -0.2) is 8.78 Å². The fourth-order valence-corrected chi connectivity index (χ4v) is 2.00. The number of hydrogen-bond donors (Lipinski definition) is 1. The molecule has 0 bridgehead atoms. The van der Waals surface area contributed by atoms with Crippen LogP contribution in [0, 0.1) is 0 Å². The number of aromatic nitrogens is 1. The van der Waals surface area contributed by atoms with Gasteiger partial charge in [-0.05, 0) is 37.4 Å². The minimum atomic E-state index is -2.29. The van der Waals surface area contributed by atoms with Gasteiger partial charge in [-0.15, -0.1) is 0 Å². The SMILES string of the molecule is CC(NCCCn1ccc2ccccc21)C(F)F. The zero-order valence-corrected chi connectivity index (χ0v) is 10.4. The molecule has 0 fully saturated rings. The number of rotatable bonds is 6. The molecular weight excluding hydrogens is 234 g/mol. The molecule has 1 aromatic carbocycles. The van der Waals surface area contributed by atoms with Crippen LogP contribution in [0.5, 0.6) is 0 Å². The molecule has 18 heavy (non-hydrogen) atoms. The van der Waals surface area contributed by atoms with Gasteiger partial charge >= 0.3 is 0 Å². The Kier molecular flexibility index (Phi) is 4.31. The van der Waals surface area contributed by atoms with Crippen molar-refractivity contribution in [1.82, 2.24) is 9.88 Å². The van der Waals surface area contributed by atoms with E-state index in [0.29, 0.717) is 6.54 Å². The average Bonchev–Trinajstić information content (AvgIpc) is 2.77. The summed E-state index contributed by atoms with van der Waals surface area (Å²) in [5.41, 5.74) is 1.19. The summed E-state index contributed by atoms with van der Waals surface area (Å²) >= 11 is 0. The Morgan fingerprint density at radius 3 is 2.78 bits per heavy atom. The molecule has 0 amide bonds. The quantitative estimate of drug-likeness (QED) is 0.781. The first-order valence-electron chi connectivity index (χ1n) is 6.24. The molecule has 0 aliphatic carbocycles. The van der Waals surface area contributed by atoms with E-state index in [1.807, 2.05) is 18.3 Å². The topological polar surface area (TPSA) is 17.0 Å². The number of hydrogen-bond acceptors (Lipinski definition) is 1. The first-order valence-corrected chi connectivity index (χ1v) is 6.24. The highest BCUT2D eigenvalue weighted by Crippen LogP contribution is 2.15. The second-order valence-electron chi connectivity index (χ2n) is 4.50. The number of fused-ring (bicyclic) bond motifs is 1. The Labute approximate surface area is 106 Å². The molecule has 2 rings (SSSR count). The van der Waals surface area contributed by atoms with Gasteiger partial charge in [0.2, 0.25) is 0 Å². The third-order valence-electron chi connectivity index (χ3n) is 3.10. The summed E-state index contributed by atoms with van der Waals surface area (Å²) in [5.74, 6) is 0. The molecule has 98 valence electrons. The smallest absolute Gasteiger partial charge is 0.253 e. The molecule has 0 aliphatic heterocycles. The molecule has 1 N–H and O–H groups in total. The minimum absolute atomic E-state index is 0.609. The van der Waals surface area contributed by atoms with Gasteiger partial charge in [0.15, 0.2) is 0 Å². The predicted molar refractivity (Wildman–Crippen MR) is 70.0 cm³/mol. The fourth-order valence-electron chi connectivity index (χ4n) is 2.00. The maximum atomic E-state index is 12.3. The molecule has 1 unspecified atom stereocenters. The number of halogens is 2. The first kappa shape index (κ1) is 13.0. The van der Waals surface area contributed by atoms with E-state index in [-0.39, 0.29) is 0 Å². The number of aryl methyl sites for hydroxylation is 1. The van der Waals surface area contributed by atoms with E-state index in [1.54, 1.807) is 0 Å². The van der Waals surface area contributed by atoms with Crippen LogP contribution < -0.4 is 5.32 Å². The van der Waals surface area contributed by atoms with Crippen molar-refractivity contribution in [3.63, 3.8) is 0 Å². The molecule has 4 heteroatoms. The normalized spacial score (nSPS) is 13.3. The zero-order valence-electron chi connectivity index (χ0n) is 10.4. The minimum Gasteiger partial charge on any atom is -0.347 e. The van der Waals surface area contributed by atoms with Gasteiger partial charge in [0.05, 0.1) is 6.04 Å².